The smallest absolute Gasteiger partial charge is 0.101 e. The molecule has 0 amide bonds. The van der Waals surface area contributed by atoms with Crippen molar-refractivity contribution in [3.05, 3.63) is 24.0 Å². The van der Waals surface area contributed by atoms with E-state index in [1.807, 2.05) is 0 Å². The number of pyridine rings is 1. The number of rotatable bonds is 4. The Bertz CT molecular complexity index is 414. The third-order valence-corrected chi connectivity index (χ3v) is 3.84. The molecule has 0 unspecified atom stereocenters. The summed E-state index contributed by atoms with van der Waals surface area (Å²) in [5.41, 5.74) is 1.58. The van der Waals surface area contributed by atoms with E-state index in [-0.39, 0.29) is 0 Å². The topological polar surface area (TPSA) is 48.7 Å². The molecule has 0 atom stereocenters. The summed E-state index contributed by atoms with van der Waals surface area (Å²) in [5, 5.41) is 12.5. The zero-order chi connectivity index (χ0) is 12.8. The van der Waals surface area contributed by atoms with Gasteiger partial charge in [-0.15, -0.1) is 0 Å². The number of hydrogen-bond acceptors (Lipinski definition) is 3. The second kappa shape index (κ2) is 6.39. The fourth-order valence-corrected chi connectivity index (χ4v) is 2.83. The first kappa shape index (κ1) is 12.9. The number of nitrogens with zero attached hydrogens (tertiary/aromatic N) is 2. The molecule has 0 spiro atoms. The van der Waals surface area contributed by atoms with Gasteiger partial charge in [-0.05, 0) is 37.7 Å². The number of nitriles is 1. The quantitative estimate of drug-likeness (QED) is 0.876. The molecule has 0 bridgehead atoms. The first-order chi connectivity index (χ1) is 8.83. The van der Waals surface area contributed by atoms with Gasteiger partial charge < -0.3 is 5.32 Å². The molecule has 0 radical (unpaired) electrons. The summed E-state index contributed by atoms with van der Waals surface area (Å²) in [6.07, 6.45) is 11.1. The Morgan fingerprint density at radius 2 is 2.17 bits per heavy atom. The van der Waals surface area contributed by atoms with Crippen LogP contribution in [-0.2, 0) is 0 Å². The second-order valence-electron chi connectivity index (χ2n) is 5.18. The number of anilines is 1. The number of aromatic nitrogens is 1. The van der Waals surface area contributed by atoms with E-state index in [0.717, 1.165) is 11.6 Å². The van der Waals surface area contributed by atoms with Crippen LogP contribution >= 0.6 is 0 Å². The number of hydrogen-bond donors (Lipinski definition) is 1. The standard InChI is InChI=1S/C15H21N3/c1-2-3-12-4-6-14(7-5-12)18-15-11-17-9-8-13(15)10-16/h8-9,11-12,14,18H,2-7H2,1H3. The summed E-state index contributed by atoms with van der Waals surface area (Å²) in [6, 6.07) is 4.49. The van der Waals surface area contributed by atoms with Crippen LogP contribution in [0.2, 0.25) is 0 Å². The Morgan fingerprint density at radius 3 is 2.83 bits per heavy atom. The van der Waals surface area contributed by atoms with Gasteiger partial charge in [0.25, 0.3) is 0 Å². The van der Waals surface area contributed by atoms with Crippen molar-refractivity contribution in [2.75, 3.05) is 5.32 Å². The molecule has 0 aliphatic heterocycles. The van der Waals surface area contributed by atoms with Crippen molar-refractivity contribution >= 4 is 5.69 Å². The molecule has 1 aliphatic rings. The lowest BCUT2D eigenvalue weighted by atomic mass is 9.83. The van der Waals surface area contributed by atoms with Crippen LogP contribution in [0.5, 0.6) is 0 Å². The van der Waals surface area contributed by atoms with Gasteiger partial charge in [0.1, 0.15) is 6.07 Å². The van der Waals surface area contributed by atoms with Gasteiger partial charge in [-0.25, -0.2) is 0 Å². The Hall–Kier alpha value is -1.56. The van der Waals surface area contributed by atoms with Gasteiger partial charge in [0.15, 0.2) is 0 Å². The minimum atomic E-state index is 0.509. The summed E-state index contributed by atoms with van der Waals surface area (Å²) >= 11 is 0. The SMILES string of the molecule is CCCC1CCC(Nc2cnccc2C#N)CC1. The van der Waals surface area contributed by atoms with Crippen LogP contribution in [0, 0.1) is 17.2 Å². The van der Waals surface area contributed by atoms with E-state index in [1.54, 1.807) is 18.5 Å². The van der Waals surface area contributed by atoms with Crippen LogP contribution in [0.25, 0.3) is 0 Å². The minimum absolute atomic E-state index is 0.509. The molecule has 1 fully saturated rings. The lowest BCUT2D eigenvalue weighted by Gasteiger charge is -2.29. The molecule has 1 saturated carbocycles. The van der Waals surface area contributed by atoms with Crippen LogP contribution in [0.4, 0.5) is 5.69 Å². The van der Waals surface area contributed by atoms with Crippen molar-refractivity contribution in [2.24, 2.45) is 5.92 Å². The van der Waals surface area contributed by atoms with Crippen molar-refractivity contribution < 1.29 is 0 Å². The van der Waals surface area contributed by atoms with Gasteiger partial charge in [-0.2, -0.15) is 5.26 Å². The minimum Gasteiger partial charge on any atom is -0.380 e. The van der Waals surface area contributed by atoms with E-state index in [1.165, 1.54) is 38.5 Å². The van der Waals surface area contributed by atoms with Crippen molar-refractivity contribution in [3.8, 4) is 6.07 Å². The van der Waals surface area contributed by atoms with E-state index in [2.05, 4.69) is 23.3 Å². The van der Waals surface area contributed by atoms with Gasteiger partial charge in [0.2, 0.25) is 0 Å². The zero-order valence-corrected chi connectivity index (χ0v) is 11.0. The Balaban J connectivity index is 1.90. The monoisotopic (exact) mass is 243 g/mol. The highest BCUT2D eigenvalue weighted by Crippen LogP contribution is 2.29. The van der Waals surface area contributed by atoms with Crippen LogP contribution < -0.4 is 5.32 Å². The van der Waals surface area contributed by atoms with Crippen LogP contribution in [-0.4, -0.2) is 11.0 Å². The lowest BCUT2D eigenvalue weighted by molar-refractivity contribution is 0.319. The van der Waals surface area contributed by atoms with E-state index in [9.17, 15) is 0 Å². The van der Waals surface area contributed by atoms with E-state index in [4.69, 9.17) is 5.26 Å². The Morgan fingerprint density at radius 1 is 1.39 bits per heavy atom. The summed E-state index contributed by atoms with van der Waals surface area (Å²) in [5.74, 6) is 0.914. The zero-order valence-electron chi connectivity index (χ0n) is 11.0. The highest BCUT2D eigenvalue weighted by Gasteiger charge is 2.20. The Labute approximate surface area is 109 Å². The molecule has 3 heteroatoms. The first-order valence-corrected chi connectivity index (χ1v) is 6.94. The van der Waals surface area contributed by atoms with Gasteiger partial charge in [-0.1, -0.05) is 19.8 Å². The van der Waals surface area contributed by atoms with E-state index < -0.39 is 0 Å². The molecule has 3 nitrogen and oxygen atoms in total. The fourth-order valence-electron chi connectivity index (χ4n) is 2.83. The Kier molecular flexibility index (Phi) is 4.58. The molecule has 96 valence electrons. The van der Waals surface area contributed by atoms with Gasteiger partial charge in [-0.3, -0.25) is 4.98 Å². The maximum Gasteiger partial charge on any atom is 0.101 e. The van der Waals surface area contributed by atoms with Crippen LogP contribution in [0.15, 0.2) is 18.5 Å². The summed E-state index contributed by atoms with van der Waals surface area (Å²) in [4.78, 5) is 4.09. The lowest BCUT2D eigenvalue weighted by Crippen LogP contribution is -2.26. The van der Waals surface area contributed by atoms with E-state index in [0.29, 0.717) is 11.6 Å². The third kappa shape index (κ3) is 3.22. The van der Waals surface area contributed by atoms with Crippen LogP contribution in [0.3, 0.4) is 0 Å². The molecule has 1 aliphatic carbocycles. The maximum absolute atomic E-state index is 9.04. The normalized spacial score (nSPS) is 23.3. The maximum atomic E-state index is 9.04. The summed E-state index contributed by atoms with van der Waals surface area (Å²) < 4.78 is 0. The highest BCUT2D eigenvalue weighted by molar-refractivity contribution is 5.55. The van der Waals surface area contributed by atoms with Crippen molar-refractivity contribution in [2.45, 2.75) is 51.5 Å². The molecular weight excluding hydrogens is 222 g/mol. The van der Waals surface area contributed by atoms with Gasteiger partial charge >= 0.3 is 0 Å². The molecule has 0 saturated heterocycles. The van der Waals surface area contributed by atoms with Crippen molar-refractivity contribution in [1.29, 1.82) is 5.26 Å². The average Bonchev–Trinajstić information content (AvgIpc) is 2.42. The van der Waals surface area contributed by atoms with Crippen molar-refractivity contribution in [1.82, 2.24) is 4.98 Å². The first-order valence-electron chi connectivity index (χ1n) is 6.94. The molecule has 18 heavy (non-hydrogen) atoms. The predicted molar refractivity (Wildman–Crippen MR) is 73.2 cm³/mol. The molecule has 1 heterocycles. The molecular formula is C15H21N3. The van der Waals surface area contributed by atoms with E-state index >= 15 is 0 Å². The molecule has 1 aromatic heterocycles. The third-order valence-electron chi connectivity index (χ3n) is 3.84. The van der Waals surface area contributed by atoms with Crippen LogP contribution in [0.1, 0.15) is 51.0 Å². The molecule has 2 rings (SSSR count). The molecule has 0 aromatic carbocycles. The highest BCUT2D eigenvalue weighted by atomic mass is 14.9. The fraction of sp³-hybridized carbons (Fsp3) is 0.600. The predicted octanol–water partition coefficient (Wildman–Crippen LogP) is 3.72. The van der Waals surface area contributed by atoms with Crippen molar-refractivity contribution in [3.63, 3.8) is 0 Å². The average molecular weight is 243 g/mol. The number of nitrogens with one attached hydrogen (secondary N) is 1. The second-order valence-corrected chi connectivity index (χ2v) is 5.18. The largest absolute Gasteiger partial charge is 0.380 e. The van der Waals surface area contributed by atoms with Gasteiger partial charge in [0, 0.05) is 12.2 Å². The molecule has 1 N–H and O–H groups in total. The van der Waals surface area contributed by atoms with Gasteiger partial charge in [0.05, 0.1) is 17.4 Å². The summed E-state index contributed by atoms with van der Waals surface area (Å²) in [7, 11) is 0. The molecule has 1 aromatic rings. The summed E-state index contributed by atoms with van der Waals surface area (Å²) in [6.45, 7) is 2.26.